The molecule has 0 bridgehead atoms. The zero-order valence-electron chi connectivity index (χ0n) is 11.1. The van der Waals surface area contributed by atoms with Crippen LogP contribution in [0.2, 0.25) is 0 Å². The number of aromatic hydroxyl groups is 1. The van der Waals surface area contributed by atoms with E-state index in [0.29, 0.717) is 5.69 Å². The predicted octanol–water partition coefficient (Wildman–Crippen LogP) is 4.56. The lowest BCUT2D eigenvalue weighted by atomic mass is 10.00. The molecule has 20 heavy (non-hydrogen) atoms. The average Bonchev–Trinajstić information content (AvgIpc) is 2.47. The maximum absolute atomic E-state index is 9.93. The highest BCUT2D eigenvalue weighted by Crippen LogP contribution is 2.31. The van der Waals surface area contributed by atoms with Gasteiger partial charge in [-0.1, -0.05) is 30.3 Å². The van der Waals surface area contributed by atoms with E-state index in [1.165, 1.54) is 16.2 Å². The van der Waals surface area contributed by atoms with E-state index in [1.54, 1.807) is 0 Å². The lowest BCUT2D eigenvalue weighted by Gasteiger charge is -2.07. The van der Waals surface area contributed by atoms with Crippen LogP contribution >= 0.6 is 0 Å². The van der Waals surface area contributed by atoms with Crippen molar-refractivity contribution >= 4 is 32.4 Å². The van der Waals surface area contributed by atoms with Crippen molar-refractivity contribution in [2.45, 2.75) is 6.92 Å². The monoisotopic (exact) mass is 259 g/mol. The van der Waals surface area contributed by atoms with E-state index in [4.69, 9.17) is 0 Å². The summed E-state index contributed by atoms with van der Waals surface area (Å²) in [5.74, 6) is 0.248. The Labute approximate surface area is 116 Å². The van der Waals surface area contributed by atoms with Gasteiger partial charge in [0.05, 0.1) is 11.2 Å². The van der Waals surface area contributed by atoms with E-state index < -0.39 is 0 Å². The summed E-state index contributed by atoms with van der Waals surface area (Å²) in [4.78, 5) is 4.46. The van der Waals surface area contributed by atoms with Crippen LogP contribution in [0.25, 0.3) is 32.4 Å². The molecule has 0 fully saturated rings. The Morgan fingerprint density at radius 2 is 1.55 bits per heavy atom. The molecule has 0 saturated carbocycles. The zero-order chi connectivity index (χ0) is 13.7. The van der Waals surface area contributed by atoms with Crippen molar-refractivity contribution in [2.24, 2.45) is 0 Å². The Kier molecular flexibility index (Phi) is 2.21. The smallest absolute Gasteiger partial charge is 0.137 e. The van der Waals surface area contributed by atoms with Gasteiger partial charge in [0.15, 0.2) is 0 Å². The van der Waals surface area contributed by atoms with Crippen LogP contribution in [-0.4, -0.2) is 10.1 Å². The maximum Gasteiger partial charge on any atom is 0.137 e. The quantitative estimate of drug-likeness (QED) is 0.371. The molecule has 0 amide bonds. The summed E-state index contributed by atoms with van der Waals surface area (Å²) in [6.45, 7) is 1.82. The van der Waals surface area contributed by atoms with E-state index in [2.05, 4.69) is 35.3 Å². The summed E-state index contributed by atoms with van der Waals surface area (Å²) in [6.07, 6.45) is 0. The van der Waals surface area contributed by atoms with Crippen LogP contribution in [0.1, 0.15) is 5.69 Å². The molecular weight excluding hydrogens is 246 g/mol. The van der Waals surface area contributed by atoms with Crippen LogP contribution in [0.4, 0.5) is 0 Å². The Balaban J connectivity index is 2.22. The minimum absolute atomic E-state index is 0.248. The van der Waals surface area contributed by atoms with Crippen LogP contribution in [0.15, 0.2) is 54.6 Å². The second-order valence-electron chi connectivity index (χ2n) is 5.15. The molecule has 0 atom stereocenters. The molecule has 0 unspecified atom stereocenters. The van der Waals surface area contributed by atoms with Crippen molar-refractivity contribution < 1.29 is 5.11 Å². The van der Waals surface area contributed by atoms with Crippen molar-refractivity contribution in [2.75, 3.05) is 0 Å². The van der Waals surface area contributed by atoms with E-state index >= 15 is 0 Å². The molecule has 2 heteroatoms. The fourth-order valence-corrected chi connectivity index (χ4v) is 2.75. The normalized spacial score (nSPS) is 11.4. The molecule has 0 radical (unpaired) electrons. The molecular formula is C18H13NO. The molecule has 0 aliphatic rings. The van der Waals surface area contributed by atoms with Crippen molar-refractivity contribution in [3.8, 4) is 5.75 Å². The van der Waals surface area contributed by atoms with Gasteiger partial charge in [0, 0.05) is 5.39 Å². The van der Waals surface area contributed by atoms with Crippen molar-refractivity contribution in [1.82, 2.24) is 4.98 Å². The summed E-state index contributed by atoms with van der Waals surface area (Å²) in [5.41, 5.74) is 1.58. The molecule has 0 aliphatic carbocycles. The summed E-state index contributed by atoms with van der Waals surface area (Å²) in [6, 6.07) is 18.6. The number of aryl methyl sites for hydroxylation is 1. The SMILES string of the molecule is Cc1nc2ccc3cc4ccccc4cc3c2cc1O. The first-order chi connectivity index (χ1) is 9.72. The molecule has 2 nitrogen and oxygen atoms in total. The van der Waals surface area contributed by atoms with E-state index in [-0.39, 0.29) is 5.75 Å². The summed E-state index contributed by atoms with van der Waals surface area (Å²) in [5, 5.41) is 15.6. The van der Waals surface area contributed by atoms with Gasteiger partial charge in [0.25, 0.3) is 0 Å². The van der Waals surface area contributed by atoms with E-state index in [0.717, 1.165) is 16.3 Å². The van der Waals surface area contributed by atoms with Crippen LogP contribution in [0.5, 0.6) is 5.75 Å². The van der Waals surface area contributed by atoms with Gasteiger partial charge in [0.1, 0.15) is 5.75 Å². The van der Waals surface area contributed by atoms with Crippen LogP contribution in [-0.2, 0) is 0 Å². The number of nitrogens with zero attached hydrogens (tertiary/aromatic N) is 1. The molecule has 4 rings (SSSR count). The van der Waals surface area contributed by atoms with Gasteiger partial charge < -0.3 is 5.11 Å². The summed E-state index contributed by atoms with van der Waals surface area (Å²) in [7, 11) is 0. The van der Waals surface area contributed by atoms with E-state index in [1.807, 2.05) is 31.2 Å². The standard InChI is InChI=1S/C18H13NO/c1-11-18(20)10-16-15-9-13-5-3-2-4-12(13)8-14(15)6-7-17(16)19-11/h2-10,20H,1H3. The highest BCUT2D eigenvalue weighted by molar-refractivity contribution is 6.11. The third-order valence-corrected chi connectivity index (χ3v) is 3.84. The maximum atomic E-state index is 9.93. The molecule has 0 saturated heterocycles. The van der Waals surface area contributed by atoms with Crippen molar-refractivity contribution in [1.29, 1.82) is 0 Å². The largest absolute Gasteiger partial charge is 0.506 e. The van der Waals surface area contributed by atoms with Crippen LogP contribution < -0.4 is 0 Å². The van der Waals surface area contributed by atoms with Crippen molar-refractivity contribution in [3.63, 3.8) is 0 Å². The minimum Gasteiger partial charge on any atom is -0.506 e. The van der Waals surface area contributed by atoms with Gasteiger partial charge in [-0.25, -0.2) is 4.98 Å². The van der Waals surface area contributed by atoms with Crippen LogP contribution in [0, 0.1) is 6.92 Å². The Hall–Kier alpha value is -2.61. The first-order valence-corrected chi connectivity index (χ1v) is 6.64. The summed E-state index contributed by atoms with van der Waals surface area (Å²) < 4.78 is 0. The molecule has 96 valence electrons. The average molecular weight is 259 g/mol. The highest BCUT2D eigenvalue weighted by atomic mass is 16.3. The fourth-order valence-electron chi connectivity index (χ4n) is 2.75. The fraction of sp³-hybridized carbons (Fsp3) is 0.0556. The lowest BCUT2D eigenvalue weighted by molar-refractivity contribution is 0.469. The molecule has 1 N–H and O–H groups in total. The molecule has 0 aliphatic heterocycles. The molecule has 1 aromatic heterocycles. The number of hydrogen-bond donors (Lipinski definition) is 1. The van der Waals surface area contributed by atoms with Gasteiger partial charge in [-0.2, -0.15) is 0 Å². The van der Waals surface area contributed by atoms with Crippen LogP contribution in [0.3, 0.4) is 0 Å². The van der Waals surface area contributed by atoms with Gasteiger partial charge in [-0.05, 0) is 52.7 Å². The Morgan fingerprint density at radius 1 is 0.800 bits per heavy atom. The molecule has 1 heterocycles. The minimum atomic E-state index is 0.248. The number of fused-ring (bicyclic) bond motifs is 4. The number of rotatable bonds is 0. The zero-order valence-corrected chi connectivity index (χ0v) is 11.1. The Bertz CT molecular complexity index is 973. The van der Waals surface area contributed by atoms with Crippen molar-refractivity contribution in [3.05, 3.63) is 60.3 Å². The molecule has 4 aromatic rings. The van der Waals surface area contributed by atoms with Gasteiger partial charge in [-0.3, -0.25) is 0 Å². The lowest BCUT2D eigenvalue weighted by Crippen LogP contribution is -1.86. The molecule has 3 aromatic carbocycles. The second-order valence-corrected chi connectivity index (χ2v) is 5.15. The third kappa shape index (κ3) is 1.55. The highest BCUT2D eigenvalue weighted by Gasteiger charge is 2.06. The predicted molar refractivity (Wildman–Crippen MR) is 83.2 cm³/mol. The van der Waals surface area contributed by atoms with E-state index in [9.17, 15) is 5.11 Å². The van der Waals surface area contributed by atoms with Gasteiger partial charge >= 0.3 is 0 Å². The summed E-state index contributed by atoms with van der Waals surface area (Å²) >= 11 is 0. The van der Waals surface area contributed by atoms with Gasteiger partial charge in [-0.15, -0.1) is 0 Å². The first-order valence-electron chi connectivity index (χ1n) is 6.64. The second kappa shape index (κ2) is 3.94. The number of hydrogen-bond acceptors (Lipinski definition) is 2. The number of pyridine rings is 1. The molecule has 0 spiro atoms. The third-order valence-electron chi connectivity index (χ3n) is 3.84. The number of aromatic nitrogens is 1. The Morgan fingerprint density at radius 3 is 2.35 bits per heavy atom. The topological polar surface area (TPSA) is 33.1 Å². The first kappa shape index (κ1) is 11.2. The number of benzene rings is 3. The van der Waals surface area contributed by atoms with Gasteiger partial charge in [0.2, 0.25) is 0 Å².